The van der Waals surface area contributed by atoms with Crippen LogP contribution in [0.3, 0.4) is 0 Å². The summed E-state index contributed by atoms with van der Waals surface area (Å²) in [6.45, 7) is 1.33. The minimum Gasteiger partial charge on any atom is -0.349 e. The van der Waals surface area contributed by atoms with E-state index < -0.39 is 4.92 Å². The minimum absolute atomic E-state index is 0.0424. The zero-order chi connectivity index (χ0) is 12.4. The first kappa shape index (κ1) is 12.1. The van der Waals surface area contributed by atoms with Crippen LogP contribution < -0.4 is 10.6 Å². The fourth-order valence-corrected chi connectivity index (χ4v) is 2.15. The van der Waals surface area contributed by atoms with Crippen LogP contribution in [0.1, 0.15) is 12.8 Å². The summed E-state index contributed by atoms with van der Waals surface area (Å²) < 4.78 is 0. The quantitative estimate of drug-likeness (QED) is 0.641. The number of anilines is 1. The van der Waals surface area contributed by atoms with E-state index in [1.54, 1.807) is 0 Å². The lowest BCUT2D eigenvalue weighted by molar-refractivity contribution is -0.384. The van der Waals surface area contributed by atoms with E-state index >= 15 is 0 Å². The van der Waals surface area contributed by atoms with Crippen molar-refractivity contribution in [2.75, 3.05) is 18.0 Å². The first-order valence-electron chi connectivity index (χ1n) is 5.38. The first-order valence-corrected chi connectivity index (χ1v) is 5.76. The fraction of sp³-hybridized carbons (Fsp3) is 0.500. The molecule has 1 saturated heterocycles. The third-order valence-electron chi connectivity index (χ3n) is 2.77. The van der Waals surface area contributed by atoms with Gasteiger partial charge in [-0.2, -0.15) is 0 Å². The maximum absolute atomic E-state index is 10.9. The summed E-state index contributed by atoms with van der Waals surface area (Å²) >= 11 is 5.72. The molecule has 1 aliphatic heterocycles. The smallest absolute Gasteiger partial charge is 0.313 e. The van der Waals surface area contributed by atoms with E-state index in [4.69, 9.17) is 17.3 Å². The molecule has 0 spiro atoms. The average Bonchev–Trinajstić information content (AvgIpc) is 2.28. The zero-order valence-corrected chi connectivity index (χ0v) is 9.93. The Morgan fingerprint density at radius 2 is 2.41 bits per heavy atom. The molecule has 1 aliphatic rings. The van der Waals surface area contributed by atoms with Crippen LogP contribution in [0.15, 0.2) is 12.3 Å². The number of aromatic nitrogens is 1. The summed E-state index contributed by atoms with van der Waals surface area (Å²) in [7, 11) is 0. The van der Waals surface area contributed by atoms with Gasteiger partial charge in [-0.15, -0.1) is 0 Å². The number of pyridine rings is 1. The van der Waals surface area contributed by atoms with Gasteiger partial charge in [0, 0.05) is 31.4 Å². The third-order valence-corrected chi connectivity index (χ3v) is 2.97. The normalized spacial score (nSPS) is 20.4. The summed E-state index contributed by atoms with van der Waals surface area (Å²) in [4.78, 5) is 16.4. The largest absolute Gasteiger partial charge is 0.349 e. The van der Waals surface area contributed by atoms with Crippen LogP contribution >= 0.6 is 11.6 Å². The Morgan fingerprint density at radius 3 is 3.06 bits per heavy atom. The molecule has 17 heavy (non-hydrogen) atoms. The first-order chi connectivity index (χ1) is 8.08. The van der Waals surface area contributed by atoms with E-state index in [0.717, 1.165) is 19.4 Å². The average molecular weight is 257 g/mol. The van der Waals surface area contributed by atoms with Crippen molar-refractivity contribution >= 4 is 23.1 Å². The maximum Gasteiger partial charge on any atom is 0.313 e. The highest BCUT2D eigenvalue weighted by molar-refractivity contribution is 6.30. The molecule has 0 amide bonds. The van der Waals surface area contributed by atoms with Crippen molar-refractivity contribution in [1.82, 2.24) is 4.98 Å². The molecule has 2 N–H and O–H groups in total. The Kier molecular flexibility index (Phi) is 3.44. The molecule has 0 aliphatic carbocycles. The van der Waals surface area contributed by atoms with Crippen molar-refractivity contribution in [2.45, 2.75) is 18.9 Å². The van der Waals surface area contributed by atoms with Gasteiger partial charge in [0.15, 0.2) is 0 Å². The van der Waals surface area contributed by atoms with Gasteiger partial charge in [0.25, 0.3) is 0 Å². The number of piperidine rings is 1. The number of nitro groups is 1. The van der Waals surface area contributed by atoms with E-state index in [0.29, 0.717) is 12.4 Å². The van der Waals surface area contributed by atoms with Crippen LogP contribution in [-0.2, 0) is 0 Å². The van der Waals surface area contributed by atoms with Gasteiger partial charge in [-0.05, 0) is 12.8 Å². The van der Waals surface area contributed by atoms with Crippen molar-refractivity contribution < 1.29 is 4.92 Å². The summed E-state index contributed by atoms with van der Waals surface area (Å²) in [5, 5.41) is 11.2. The third kappa shape index (κ3) is 2.65. The van der Waals surface area contributed by atoms with Gasteiger partial charge in [-0.1, -0.05) is 11.6 Å². The highest BCUT2D eigenvalue weighted by Gasteiger charge is 2.25. The summed E-state index contributed by atoms with van der Waals surface area (Å²) in [5.41, 5.74) is 5.79. The van der Waals surface area contributed by atoms with E-state index in [1.807, 2.05) is 4.90 Å². The lowest BCUT2D eigenvalue weighted by Crippen LogP contribution is -2.43. The Labute approximate surface area is 104 Å². The molecule has 2 rings (SSSR count). The maximum atomic E-state index is 10.9. The van der Waals surface area contributed by atoms with Crippen molar-refractivity contribution in [3.63, 3.8) is 0 Å². The fourth-order valence-electron chi connectivity index (χ4n) is 2.00. The summed E-state index contributed by atoms with van der Waals surface area (Å²) in [5.74, 6) is 0.356. The molecule has 1 aromatic heterocycles. The van der Waals surface area contributed by atoms with Crippen molar-refractivity contribution in [1.29, 1.82) is 0 Å². The molecule has 0 radical (unpaired) electrons. The lowest BCUT2D eigenvalue weighted by Gasteiger charge is -2.31. The molecule has 1 atom stereocenters. The van der Waals surface area contributed by atoms with E-state index in [-0.39, 0.29) is 16.8 Å². The highest BCUT2D eigenvalue weighted by Crippen LogP contribution is 2.29. The van der Waals surface area contributed by atoms with Gasteiger partial charge in [-0.3, -0.25) is 10.1 Å². The Bertz CT molecular complexity index is 440. The van der Waals surface area contributed by atoms with Crippen LogP contribution in [0.2, 0.25) is 5.02 Å². The summed E-state index contributed by atoms with van der Waals surface area (Å²) in [6.07, 6.45) is 3.28. The molecule has 7 heteroatoms. The van der Waals surface area contributed by atoms with E-state index in [9.17, 15) is 10.1 Å². The predicted molar refractivity (Wildman–Crippen MR) is 65.3 cm³/mol. The minimum atomic E-state index is -0.464. The molecule has 1 aromatic rings. The number of nitrogens with two attached hydrogens (primary N) is 1. The number of nitrogens with zero attached hydrogens (tertiary/aromatic N) is 3. The molecule has 0 aromatic carbocycles. The monoisotopic (exact) mass is 256 g/mol. The van der Waals surface area contributed by atoms with E-state index in [1.165, 1.54) is 12.3 Å². The van der Waals surface area contributed by atoms with Crippen molar-refractivity contribution in [2.24, 2.45) is 5.73 Å². The standard InChI is InChI=1S/C10H13ClN4O2/c11-7-4-9(15(16)17)10(13-5-7)14-3-1-2-8(12)6-14/h4-5,8H,1-3,6,12H2/t8-/m1/s1. The topological polar surface area (TPSA) is 85.3 Å². The molecule has 2 heterocycles. The Hall–Kier alpha value is -1.40. The molecule has 0 saturated carbocycles. The molecule has 1 fully saturated rings. The molecular weight excluding hydrogens is 244 g/mol. The van der Waals surface area contributed by atoms with E-state index in [2.05, 4.69) is 4.98 Å². The molecule has 0 bridgehead atoms. The van der Waals surface area contributed by atoms with Gasteiger partial charge in [-0.25, -0.2) is 4.98 Å². The van der Waals surface area contributed by atoms with Gasteiger partial charge in [0.1, 0.15) is 0 Å². The second-order valence-corrected chi connectivity index (χ2v) is 4.54. The summed E-state index contributed by atoms with van der Waals surface area (Å²) in [6, 6.07) is 1.37. The number of hydrogen-bond donors (Lipinski definition) is 1. The van der Waals surface area contributed by atoms with Crippen LogP contribution in [0, 0.1) is 10.1 Å². The number of halogens is 1. The van der Waals surface area contributed by atoms with Gasteiger partial charge >= 0.3 is 5.69 Å². The lowest BCUT2D eigenvalue weighted by atomic mass is 10.1. The second-order valence-electron chi connectivity index (χ2n) is 4.10. The molecule has 92 valence electrons. The van der Waals surface area contributed by atoms with Crippen LogP contribution in [0.4, 0.5) is 11.5 Å². The van der Waals surface area contributed by atoms with Crippen molar-refractivity contribution in [3.8, 4) is 0 Å². The second kappa shape index (κ2) is 4.85. The van der Waals surface area contributed by atoms with Crippen LogP contribution in [0.25, 0.3) is 0 Å². The van der Waals surface area contributed by atoms with Crippen LogP contribution in [-0.4, -0.2) is 29.0 Å². The van der Waals surface area contributed by atoms with Crippen LogP contribution in [0.5, 0.6) is 0 Å². The zero-order valence-electron chi connectivity index (χ0n) is 9.17. The Balaban J connectivity index is 2.33. The number of hydrogen-bond acceptors (Lipinski definition) is 5. The van der Waals surface area contributed by atoms with Gasteiger partial charge in [0.2, 0.25) is 5.82 Å². The molecular formula is C10H13ClN4O2. The predicted octanol–water partition coefficient (Wildman–Crippen LogP) is 1.57. The van der Waals surface area contributed by atoms with Gasteiger partial charge < -0.3 is 10.6 Å². The molecule has 6 nitrogen and oxygen atoms in total. The Morgan fingerprint density at radius 1 is 1.65 bits per heavy atom. The number of rotatable bonds is 2. The highest BCUT2D eigenvalue weighted by atomic mass is 35.5. The van der Waals surface area contributed by atoms with Gasteiger partial charge in [0.05, 0.1) is 9.95 Å². The van der Waals surface area contributed by atoms with Crippen molar-refractivity contribution in [3.05, 3.63) is 27.4 Å². The SMILES string of the molecule is N[C@@H]1CCCN(c2ncc(Cl)cc2[N+](=O)[O-])C1. The molecule has 0 unspecified atom stereocenters.